The molecule has 0 saturated carbocycles. The van der Waals surface area contributed by atoms with Gasteiger partial charge in [0.2, 0.25) is 0 Å². The zero-order valence-corrected chi connectivity index (χ0v) is 17.3. The molecule has 4 rings (SSSR count). The van der Waals surface area contributed by atoms with Crippen LogP contribution in [0.4, 0.5) is 11.4 Å². The minimum Gasteiger partial charge on any atom is -0.699 e. The third kappa shape index (κ3) is 6.43. The van der Waals surface area contributed by atoms with Gasteiger partial charge in [-0.1, -0.05) is 24.3 Å². The van der Waals surface area contributed by atoms with Crippen molar-refractivity contribution in [2.75, 3.05) is 0 Å². The first-order valence-corrected chi connectivity index (χ1v) is 12.9. The predicted molar refractivity (Wildman–Crippen MR) is 105 cm³/mol. The normalized spacial score (nSPS) is 10.0. The molecule has 0 aliphatic heterocycles. The molecule has 0 saturated heterocycles. The van der Waals surface area contributed by atoms with E-state index in [0.29, 0.717) is 22.5 Å². The Kier molecular flexibility index (Phi) is 7.92. The van der Waals surface area contributed by atoms with E-state index in [1.54, 1.807) is 48.5 Å². The first-order chi connectivity index (χ1) is 12.9. The fourth-order valence-corrected chi connectivity index (χ4v) is 2.14. The van der Waals surface area contributed by atoms with Crippen LogP contribution in [0.2, 0.25) is 0 Å². The minimum atomic E-state index is -0.472. The fraction of sp³-hybridized carbons (Fsp3) is 0. The van der Waals surface area contributed by atoms with Crippen molar-refractivity contribution in [1.82, 2.24) is 0 Å². The van der Waals surface area contributed by atoms with Gasteiger partial charge in [-0.15, -0.1) is 11.4 Å². The third-order valence-corrected chi connectivity index (χ3v) is 3.24. The van der Waals surface area contributed by atoms with Crippen LogP contribution in [0.3, 0.4) is 0 Å². The Morgan fingerprint density at radius 3 is 1.41 bits per heavy atom. The van der Waals surface area contributed by atoms with Crippen molar-refractivity contribution in [3.63, 3.8) is 0 Å². The third-order valence-electron chi connectivity index (χ3n) is 3.24. The Balaban J connectivity index is 0.000000170. The molecule has 2 heterocycles. The molecule has 0 atom stereocenters. The zero-order valence-electron chi connectivity index (χ0n) is 13.5. The van der Waals surface area contributed by atoms with Crippen LogP contribution < -0.4 is 11.3 Å². The molecule has 2 N–H and O–H groups in total. The molecule has 0 radical (unpaired) electrons. The Bertz CT molecular complexity index is 1070. The van der Waals surface area contributed by atoms with Gasteiger partial charge < -0.3 is 20.3 Å². The van der Waals surface area contributed by atoms with Gasteiger partial charge in [0.05, 0.1) is 0 Å². The molecular formula is C18H12Cl2N2O4Pt. The maximum absolute atomic E-state index is 10.8. The van der Waals surface area contributed by atoms with Gasteiger partial charge in [-0.05, 0) is 24.3 Å². The number of fused-ring (bicyclic) bond motifs is 2. The average Bonchev–Trinajstić information content (AvgIpc) is 2.63. The number of nitrogens with one attached hydrogen (secondary N) is 2. The summed E-state index contributed by atoms with van der Waals surface area (Å²) < 4.78 is 9.76. The van der Waals surface area contributed by atoms with Gasteiger partial charge >= 0.3 is 46.6 Å². The van der Waals surface area contributed by atoms with E-state index in [2.05, 4.69) is 0 Å². The molecule has 0 amide bonds. The smallest absolute Gasteiger partial charge is 0.336 e. The van der Waals surface area contributed by atoms with E-state index in [0.717, 1.165) is 10.8 Å². The van der Waals surface area contributed by atoms with Crippen molar-refractivity contribution in [3.05, 3.63) is 93.0 Å². The van der Waals surface area contributed by atoms with E-state index < -0.39 is 16.5 Å². The average molecular weight is 586 g/mol. The molecule has 27 heavy (non-hydrogen) atoms. The molecule has 2 aromatic heterocycles. The first-order valence-electron chi connectivity index (χ1n) is 7.26. The van der Waals surface area contributed by atoms with Crippen molar-refractivity contribution in [3.8, 4) is 0 Å². The van der Waals surface area contributed by atoms with E-state index in [9.17, 15) is 9.59 Å². The van der Waals surface area contributed by atoms with Gasteiger partial charge in [0, 0.05) is 22.9 Å². The van der Waals surface area contributed by atoms with Gasteiger partial charge in [0.1, 0.15) is 11.2 Å². The van der Waals surface area contributed by atoms with Crippen LogP contribution in [-0.2, 0) is 16.5 Å². The van der Waals surface area contributed by atoms with E-state index >= 15 is 0 Å². The monoisotopic (exact) mass is 585 g/mol. The van der Waals surface area contributed by atoms with E-state index in [1.165, 1.54) is 12.1 Å². The second-order valence-electron chi connectivity index (χ2n) is 5.06. The Morgan fingerprint density at radius 2 is 1.04 bits per heavy atom. The summed E-state index contributed by atoms with van der Waals surface area (Å²) in [6, 6.07) is 15.7. The molecule has 0 aliphatic carbocycles. The number of rotatable bonds is 0. The Labute approximate surface area is 170 Å². The van der Waals surface area contributed by atoms with Crippen molar-refractivity contribution >= 4 is 52.1 Å². The number of benzene rings is 2. The molecule has 0 fully saturated rings. The maximum atomic E-state index is 10.8. The van der Waals surface area contributed by atoms with Crippen molar-refractivity contribution < 1.29 is 25.3 Å². The first kappa shape index (κ1) is 21.0. The predicted octanol–water partition coefficient (Wildman–Crippen LogP) is 6.33. The summed E-state index contributed by atoms with van der Waals surface area (Å²) in [5, 5.41) is 1.56. The maximum Gasteiger partial charge on any atom is 0.336 e. The Morgan fingerprint density at radius 1 is 0.667 bits per heavy atom. The summed E-state index contributed by atoms with van der Waals surface area (Å²) in [4.78, 5) is 21.5. The number of hydrogen-bond donors (Lipinski definition) is 0. The van der Waals surface area contributed by atoms with Crippen molar-refractivity contribution in [2.24, 2.45) is 0 Å². The van der Waals surface area contributed by atoms with Crippen molar-refractivity contribution in [2.45, 2.75) is 0 Å². The summed E-state index contributed by atoms with van der Waals surface area (Å²) in [7, 11) is 9.75. The molecule has 9 heteroatoms. The second kappa shape index (κ2) is 10.2. The number of hydrogen-bond acceptors (Lipinski definition) is 4. The molecule has 0 unspecified atom stereocenters. The van der Waals surface area contributed by atoms with E-state index in [4.69, 9.17) is 39.1 Å². The van der Waals surface area contributed by atoms with Crippen LogP contribution in [0.5, 0.6) is 0 Å². The molecule has 4 aromatic rings. The van der Waals surface area contributed by atoms with Gasteiger partial charge in [0.25, 0.3) is 0 Å². The number of halogens is 2. The van der Waals surface area contributed by atoms with Crippen LogP contribution in [0, 0.1) is 0 Å². The standard InChI is InChI=1S/2C9H6NO2.2ClH.Pt/c2*10-7-2-3-8-6(5-7)1-4-9(11)12-8;;;/h2*1-5,10H;2*1H;/q2*-1;;;+4/p-2. The summed E-state index contributed by atoms with van der Waals surface area (Å²) in [5.41, 5.74) is 15.8. The fourth-order valence-electron chi connectivity index (χ4n) is 2.14. The van der Waals surface area contributed by atoms with Crippen LogP contribution in [0.25, 0.3) is 33.4 Å². The van der Waals surface area contributed by atoms with Crippen LogP contribution >= 0.6 is 18.8 Å². The van der Waals surface area contributed by atoms with Gasteiger partial charge in [-0.2, -0.15) is 0 Å². The van der Waals surface area contributed by atoms with E-state index in [1.807, 2.05) is 0 Å². The molecule has 2 aromatic carbocycles. The Hall–Kier alpha value is -2.27. The van der Waals surface area contributed by atoms with E-state index in [-0.39, 0.29) is 11.3 Å². The summed E-state index contributed by atoms with van der Waals surface area (Å²) in [6.07, 6.45) is 0. The molecule has 6 nitrogen and oxygen atoms in total. The molecule has 0 spiro atoms. The summed E-state index contributed by atoms with van der Waals surface area (Å²) in [5.74, 6) is 0. The molecule has 0 bridgehead atoms. The van der Waals surface area contributed by atoms with Crippen molar-refractivity contribution in [1.29, 1.82) is 0 Å². The SMILES string of the molecule is [Cl][Pt+2][Cl].[NH-]c1ccc2oc(=O)ccc2c1.[NH-]c1ccc2oc(=O)ccc2c1. The minimum absolute atomic E-state index is 0.361. The topological polar surface area (TPSA) is 108 Å². The summed E-state index contributed by atoms with van der Waals surface area (Å²) >= 11 is -0.472. The summed E-state index contributed by atoms with van der Waals surface area (Å²) in [6.45, 7) is 0. The molecule has 142 valence electrons. The van der Waals surface area contributed by atoms with Crippen LogP contribution in [-0.4, -0.2) is 0 Å². The van der Waals surface area contributed by atoms with Crippen LogP contribution in [0.15, 0.2) is 79.1 Å². The quantitative estimate of drug-likeness (QED) is 0.225. The molecule has 0 aliphatic rings. The second-order valence-corrected chi connectivity index (χ2v) is 8.34. The largest absolute Gasteiger partial charge is 0.699 e. The van der Waals surface area contributed by atoms with Gasteiger partial charge in [0.15, 0.2) is 0 Å². The van der Waals surface area contributed by atoms with Gasteiger partial charge in [-0.25, -0.2) is 9.59 Å². The molecular weight excluding hydrogens is 574 g/mol. The zero-order chi connectivity index (χ0) is 19.8. The van der Waals surface area contributed by atoms with Gasteiger partial charge in [-0.3, -0.25) is 0 Å². The van der Waals surface area contributed by atoms with Crippen LogP contribution in [0.1, 0.15) is 0 Å².